The Kier molecular flexibility index (Phi) is 3.11. The third-order valence-electron chi connectivity index (χ3n) is 2.62. The van der Waals surface area contributed by atoms with Crippen LogP contribution in [0.25, 0.3) is 0 Å². The summed E-state index contributed by atoms with van der Waals surface area (Å²) in [5.41, 5.74) is 0.341. The standard InChI is InChI=1S/C10H12BrNO3/c11-7-5-9(10(13)14)12(6-7)8-1-3-15-4-2-8/h5-6,8H,1-4H2,(H,13,14). The molecule has 0 unspecified atom stereocenters. The van der Waals surface area contributed by atoms with Crippen LogP contribution in [-0.4, -0.2) is 28.9 Å². The highest BCUT2D eigenvalue weighted by atomic mass is 79.9. The summed E-state index contributed by atoms with van der Waals surface area (Å²) in [6, 6.07) is 1.88. The first kappa shape index (κ1) is 10.7. The summed E-state index contributed by atoms with van der Waals surface area (Å²) in [5.74, 6) is -0.882. The molecule has 1 aliphatic heterocycles. The SMILES string of the molecule is O=C(O)c1cc(Br)cn1C1CCOCC1. The molecule has 1 saturated heterocycles. The maximum absolute atomic E-state index is 11.0. The van der Waals surface area contributed by atoms with Gasteiger partial charge in [-0.25, -0.2) is 4.79 Å². The highest BCUT2D eigenvalue weighted by Crippen LogP contribution is 2.26. The number of aromatic nitrogens is 1. The number of carboxylic acids is 1. The molecule has 0 bridgehead atoms. The van der Waals surface area contributed by atoms with Crippen molar-refractivity contribution in [2.24, 2.45) is 0 Å². The minimum Gasteiger partial charge on any atom is -0.477 e. The Morgan fingerprint density at radius 2 is 2.20 bits per heavy atom. The van der Waals surface area contributed by atoms with E-state index < -0.39 is 5.97 Å². The van der Waals surface area contributed by atoms with E-state index in [1.807, 2.05) is 10.8 Å². The quantitative estimate of drug-likeness (QED) is 0.900. The van der Waals surface area contributed by atoms with E-state index in [0.717, 1.165) is 17.3 Å². The third-order valence-corrected chi connectivity index (χ3v) is 3.05. The van der Waals surface area contributed by atoms with Gasteiger partial charge in [0.2, 0.25) is 0 Å². The lowest BCUT2D eigenvalue weighted by Gasteiger charge is -2.24. The first-order valence-corrected chi connectivity index (χ1v) is 5.66. The number of nitrogens with zero attached hydrogens (tertiary/aromatic N) is 1. The Morgan fingerprint density at radius 1 is 1.53 bits per heavy atom. The van der Waals surface area contributed by atoms with Crippen LogP contribution in [-0.2, 0) is 4.74 Å². The normalized spacial score (nSPS) is 17.9. The summed E-state index contributed by atoms with van der Waals surface area (Å²) in [7, 11) is 0. The molecule has 0 atom stereocenters. The van der Waals surface area contributed by atoms with Crippen LogP contribution < -0.4 is 0 Å². The van der Waals surface area contributed by atoms with Crippen molar-refractivity contribution in [2.45, 2.75) is 18.9 Å². The van der Waals surface area contributed by atoms with Gasteiger partial charge in [-0.2, -0.15) is 0 Å². The van der Waals surface area contributed by atoms with Crippen molar-refractivity contribution in [3.05, 3.63) is 22.4 Å². The van der Waals surface area contributed by atoms with Gasteiger partial charge in [-0.05, 0) is 34.8 Å². The molecule has 82 valence electrons. The molecule has 1 N–H and O–H groups in total. The number of halogens is 1. The second-order valence-corrected chi connectivity index (χ2v) is 4.52. The van der Waals surface area contributed by atoms with Crippen LogP contribution in [0.5, 0.6) is 0 Å². The van der Waals surface area contributed by atoms with Gasteiger partial charge in [0.15, 0.2) is 0 Å². The minimum absolute atomic E-state index is 0.246. The summed E-state index contributed by atoms with van der Waals surface area (Å²) in [6.45, 7) is 1.42. The van der Waals surface area contributed by atoms with E-state index in [4.69, 9.17) is 9.84 Å². The summed E-state index contributed by atoms with van der Waals surface area (Å²) < 4.78 is 7.90. The summed E-state index contributed by atoms with van der Waals surface area (Å²) >= 11 is 3.30. The lowest BCUT2D eigenvalue weighted by Crippen LogP contribution is -2.21. The molecule has 2 rings (SSSR count). The number of rotatable bonds is 2. The van der Waals surface area contributed by atoms with Crippen LogP contribution in [0.4, 0.5) is 0 Å². The van der Waals surface area contributed by atoms with Crippen LogP contribution in [0.3, 0.4) is 0 Å². The van der Waals surface area contributed by atoms with Crippen molar-refractivity contribution in [3.8, 4) is 0 Å². The maximum atomic E-state index is 11.0. The lowest BCUT2D eigenvalue weighted by molar-refractivity contribution is 0.0609. The minimum atomic E-state index is -0.882. The number of carboxylic acid groups (broad SMARTS) is 1. The van der Waals surface area contributed by atoms with E-state index in [1.54, 1.807) is 6.07 Å². The molecule has 0 aliphatic carbocycles. The molecule has 0 aromatic carbocycles. The van der Waals surface area contributed by atoms with E-state index in [1.165, 1.54) is 0 Å². The van der Waals surface area contributed by atoms with E-state index in [2.05, 4.69) is 15.9 Å². The Bertz CT molecular complexity index is 369. The number of ether oxygens (including phenoxy) is 1. The van der Waals surface area contributed by atoms with E-state index in [0.29, 0.717) is 18.9 Å². The fraction of sp³-hybridized carbons (Fsp3) is 0.500. The number of hydrogen-bond acceptors (Lipinski definition) is 2. The van der Waals surface area contributed by atoms with Crippen molar-refractivity contribution in [1.82, 2.24) is 4.57 Å². The molecule has 4 nitrogen and oxygen atoms in total. The van der Waals surface area contributed by atoms with Crippen molar-refractivity contribution in [1.29, 1.82) is 0 Å². The molecule has 0 spiro atoms. The predicted molar refractivity (Wildman–Crippen MR) is 58.2 cm³/mol. The fourth-order valence-electron chi connectivity index (χ4n) is 1.88. The topological polar surface area (TPSA) is 51.5 Å². The average molecular weight is 274 g/mol. The molecule has 2 heterocycles. The zero-order valence-corrected chi connectivity index (χ0v) is 9.74. The molecule has 5 heteroatoms. The molecule has 0 amide bonds. The highest BCUT2D eigenvalue weighted by Gasteiger charge is 2.21. The van der Waals surface area contributed by atoms with Crippen molar-refractivity contribution in [3.63, 3.8) is 0 Å². The monoisotopic (exact) mass is 273 g/mol. The zero-order valence-electron chi connectivity index (χ0n) is 8.15. The first-order valence-electron chi connectivity index (χ1n) is 4.87. The molecule has 1 aromatic heterocycles. The Balaban J connectivity index is 2.28. The molecule has 0 radical (unpaired) electrons. The molecular formula is C10H12BrNO3. The second-order valence-electron chi connectivity index (χ2n) is 3.60. The summed E-state index contributed by atoms with van der Waals surface area (Å²) in [6.07, 6.45) is 3.59. The van der Waals surface area contributed by atoms with Gasteiger partial charge in [0, 0.05) is 29.9 Å². The van der Waals surface area contributed by atoms with Crippen LogP contribution in [0, 0.1) is 0 Å². The maximum Gasteiger partial charge on any atom is 0.352 e. The Hall–Kier alpha value is -0.810. The van der Waals surface area contributed by atoms with Gasteiger partial charge in [-0.15, -0.1) is 0 Å². The number of aromatic carboxylic acids is 1. The largest absolute Gasteiger partial charge is 0.477 e. The molecule has 1 aromatic rings. The van der Waals surface area contributed by atoms with Gasteiger partial charge >= 0.3 is 5.97 Å². The van der Waals surface area contributed by atoms with E-state index in [-0.39, 0.29) is 6.04 Å². The second kappa shape index (κ2) is 4.37. The fourth-order valence-corrected chi connectivity index (χ4v) is 2.32. The van der Waals surface area contributed by atoms with Crippen LogP contribution in [0.2, 0.25) is 0 Å². The summed E-state index contributed by atoms with van der Waals surface area (Å²) in [5, 5.41) is 9.04. The molecule has 1 fully saturated rings. The van der Waals surface area contributed by atoms with E-state index >= 15 is 0 Å². The van der Waals surface area contributed by atoms with Crippen LogP contribution in [0.1, 0.15) is 29.4 Å². The van der Waals surface area contributed by atoms with E-state index in [9.17, 15) is 4.79 Å². The Labute approximate surface area is 96.0 Å². The van der Waals surface area contributed by atoms with Crippen LogP contribution >= 0.6 is 15.9 Å². The third kappa shape index (κ3) is 2.23. The Morgan fingerprint density at radius 3 is 2.80 bits per heavy atom. The first-order chi connectivity index (χ1) is 7.18. The van der Waals surface area contributed by atoms with Gasteiger partial charge in [0.05, 0.1) is 0 Å². The van der Waals surface area contributed by atoms with Crippen molar-refractivity contribution >= 4 is 21.9 Å². The highest BCUT2D eigenvalue weighted by molar-refractivity contribution is 9.10. The van der Waals surface area contributed by atoms with Gasteiger partial charge < -0.3 is 14.4 Å². The van der Waals surface area contributed by atoms with Gasteiger partial charge in [0.25, 0.3) is 0 Å². The summed E-state index contributed by atoms with van der Waals surface area (Å²) in [4.78, 5) is 11.0. The number of carbonyl (C=O) groups is 1. The van der Waals surface area contributed by atoms with Crippen molar-refractivity contribution in [2.75, 3.05) is 13.2 Å². The zero-order chi connectivity index (χ0) is 10.8. The molecular weight excluding hydrogens is 262 g/mol. The van der Waals surface area contributed by atoms with Gasteiger partial charge in [0.1, 0.15) is 5.69 Å². The van der Waals surface area contributed by atoms with Gasteiger partial charge in [-0.3, -0.25) is 0 Å². The lowest BCUT2D eigenvalue weighted by atomic mass is 10.1. The molecule has 1 aliphatic rings. The van der Waals surface area contributed by atoms with Gasteiger partial charge in [-0.1, -0.05) is 0 Å². The number of hydrogen-bond donors (Lipinski definition) is 1. The predicted octanol–water partition coefficient (Wildman–Crippen LogP) is 2.30. The van der Waals surface area contributed by atoms with Crippen molar-refractivity contribution < 1.29 is 14.6 Å². The molecule has 15 heavy (non-hydrogen) atoms. The molecule has 0 saturated carbocycles. The van der Waals surface area contributed by atoms with Crippen LogP contribution in [0.15, 0.2) is 16.7 Å². The smallest absolute Gasteiger partial charge is 0.352 e. The average Bonchev–Trinajstić information content (AvgIpc) is 2.62.